The van der Waals surface area contributed by atoms with E-state index in [-0.39, 0.29) is 0 Å². The molecule has 4 rings (SSSR count). The predicted octanol–water partition coefficient (Wildman–Crippen LogP) is 1.28. The molecule has 0 radical (unpaired) electrons. The monoisotopic (exact) mass is 305 g/mol. The first-order valence-corrected chi connectivity index (χ1v) is 7.46. The van der Waals surface area contributed by atoms with Crippen molar-refractivity contribution in [2.75, 3.05) is 6.54 Å². The molecule has 0 saturated carbocycles. The topological polar surface area (TPSA) is 80.6 Å². The summed E-state index contributed by atoms with van der Waals surface area (Å²) >= 11 is 0. The first-order chi connectivity index (χ1) is 11.4. The van der Waals surface area contributed by atoms with Gasteiger partial charge in [0.15, 0.2) is 5.82 Å². The summed E-state index contributed by atoms with van der Waals surface area (Å²) in [5, 5.41) is 0. The summed E-state index contributed by atoms with van der Waals surface area (Å²) in [5.74, 6) is 0.687. The van der Waals surface area contributed by atoms with Crippen molar-refractivity contribution in [2.45, 2.75) is 19.5 Å². The Kier molecular flexibility index (Phi) is 3.69. The van der Waals surface area contributed by atoms with Crippen LogP contribution < -0.4 is 0 Å². The second kappa shape index (κ2) is 6.13. The van der Waals surface area contributed by atoms with Gasteiger partial charge in [-0.3, -0.25) is 14.9 Å². The summed E-state index contributed by atoms with van der Waals surface area (Å²) in [7, 11) is 0. The van der Waals surface area contributed by atoms with E-state index in [4.69, 9.17) is 0 Å². The highest BCUT2D eigenvalue weighted by Gasteiger charge is 2.19. The average Bonchev–Trinajstić information content (AvgIpc) is 2.63. The molecule has 0 bridgehead atoms. The summed E-state index contributed by atoms with van der Waals surface area (Å²) < 4.78 is 0. The Morgan fingerprint density at radius 3 is 2.70 bits per heavy atom. The number of aromatic nitrogens is 6. The quantitative estimate of drug-likeness (QED) is 0.721. The van der Waals surface area contributed by atoms with Crippen molar-refractivity contribution in [1.82, 2.24) is 34.8 Å². The Balaban J connectivity index is 1.52. The molecule has 0 fully saturated rings. The first kappa shape index (κ1) is 13.8. The van der Waals surface area contributed by atoms with Crippen LogP contribution in [0.2, 0.25) is 0 Å². The van der Waals surface area contributed by atoms with Crippen LogP contribution >= 0.6 is 0 Å². The molecule has 0 N–H and O–H groups in total. The van der Waals surface area contributed by atoms with Crippen LogP contribution in [-0.4, -0.2) is 41.3 Å². The summed E-state index contributed by atoms with van der Waals surface area (Å²) in [6.45, 7) is 2.57. The number of hydrogen-bond donors (Lipinski definition) is 0. The molecule has 0 aliphatic carbocycles. The SMILES string of the molecule is c1cnc(CN2CCc3nc(-c4cncnc4)ncc3C2)cn1. The Bertz CT molecular complexity index is 792. The van der Waals surface area contributed by atoms with E-state index in [0.29, 0.717) is 5.82 Å². The lowest BCUT2D eigenvalue weighted by Crippen LogP contribution is -2.31. The smallest absolute Gasteiger partial charge is 0.162 e. The number of hydrogen-bond acceptors (Lipinski definition) is 7. The Morgan fingerprint density at radius 2 is 1.87 bits per heavy atom. The van der Waals surface area contributed by atoms with Gasteiger partial charge >= 0.3 is 0 Å². The summed E-state index contributed by atoms with van der Waals surface area (Å²) in [5.41, 5.74) is 4.10. The molecule has 0 saturated heterocycles. The number of fused-ring (bicyclic) bond motifs is 1. The zero-order valence-electron chi connectivity index (χ0n) is 12.5. The highest BCUT2D eigenvalue weighted by atomic mass is 15.1. The molecule has 0 aromatic carbocycles. The minimum atomic E-state index is 0.687. The lowest BCUT2D eigenvalue weighted by molar-refractivity contribution is 0.240. The van der Waals surface area contributed by atoms with E-state index in [1.807, 2.05) is 12.4 Å². The zero-order valence-corrected chi connectivity index (χ0v) is 12.5. The maximum Gasteiger partial charge on any atom is 0.162 e. The van der Waals surface area contributed by atoms with Crippen molar-refractivity contribution in [3.63, 3.8) is 0 Å². The van der Waals surface area contributed by atoms with Crippen LogP contribution in [0.5, 0.6) is 0 Å². The Morgan fingerprint density at radius 1 is 0.957 bits per heavy atom. The minimum absolute atomic E-state index is 0.687. The van der Waals surface area contributed by atoms with Gasteiger partial charge in [-0.1, -0.05) is 0 Å². The van der Waals surface area contributed by atoms with Gasteiger partial charge in [0.25, 0.3) is 0 Å². The molecule has 7 heteroatoms. The molecule has 0 unspecified atom stereocenters. The second-order valence-electron chi connectivity index (χ2n) is 5.45. The van der Waals surface area contributed by atoms with Gasteiger partial charge in [-0.05, 0) is 0 Å². The standard InChI is InChI=1S/C16H15N7/c1-4-23(10-14-8-17-2-3-20-14)9-13-7-21-16(22-15(1)13)12-5-18-11-19-6-12/h2-3,5-8,11H,1,4,9-10H2. The Hall–Kier alpha value is -2.80. The fourth-order valence-corrected chi connectivity index (χ4v) is 2.70. The van der Waals surface area contributed by atoms with Crippen molar-refractivity contribution < 1.29 is 0 Å². The van der Waals surface area contributed by atoms with Crippen LogP contribution in [0.25, 0.3) is 11.4 Å². The van der Waals surface area contributed by atoms with Gasteiger partial charge in [0.05, 0.1) is 17.0 Å². The lowest BCUT2D eigenvalue weighted by atomic mass is 10.1. The van der Waals surface area contributed by atoms with E-state index in [1.54, 1.807) is 24.8 Å². The third-order valence-corrected chi connectivity index (χ3v) is 3.83. The van der Waals surface area contributed by atoms with Gasteiger partial charge in [-0.2, -0.15) is 0 Å². The van der Waals surface area contributed by atoms with Gasteiger partial charge in [-0.25, -0.2) is 19.9 Å². The third kappa shape index (κ3) is 3.04. The molecule has 0 atom stereocenters. The van der Waals surface area contributed by atoms with Crippen molar-refractivity contribution in [2.24, 2.45) is 0 Å². The first-order valence-electron chi connectivity index (χ1n) is 7.46. The lowest BCUT2D eigenvalue weighted by Gasteiger charge is -2.27. The summed E-state index contributed by atoms with van der Waals surface area (Å²) in [4.78, 5) is 28.0. The zero-order chi connectivity index (χ0) is 15.5. The maximum absolute atomic E-state index is 4.68. The van der Waals surface area contributed by atoms with Crippen LogP contribution in [0, 0.1) is 0 Å². The fraction of sp³-hybridized carbons (Fsp3) is 0.250. The molecule has 114 valence electrons. The van der Waals surface area contributed by atoms with Gasteiger partial charge < -0.3 is 0 Å². The molecular formula is C16H15N7. The van der Waals surface area contributed by atoms with Crippen LogP contribution in [0.1, 0.15) is 17.0 Å². The molecule has 4 heterocycles. The molecular weight excluding hydrogens is 290 g/mol. The minimum Gasteiger partial charge on any atom is -0.293 e. The van der Waals surface area contributed by atoms with Gasteiger partial charge in [0.1, 0.15) is 6.33 Å². The van der Waals surface area contributed by atoms with E-state index >= 15 is 0 Å². The normalized spacial score (nSPS) is 14.4. The van der Waals surface area contributed by atoms with E-state index in [0.717, 1.165) is 43.0 Å². The second-order valence-corrected chi connectivity index (χ2v) is 5.45. The number of rotatable bonds is 3. The molecule has 0 spiro atoms. The summed E-state index contributed by atoms with van der Waals surface area (Å²) in [6, 6.07) is 0. The van der Waals surface area contributed by atoms with Crippen LogP contribution in [0.4, 0.5) is 0 Å². The van der Waals surface area contributed by atoms with Crippen molar-refractivity contribution in [1.29, 1.82) is 0 Å². The van der Waals surface area contributed by atoms with Crippen LogP contribution in [0.3, 0.4) is 0 Å². The molecule has 0 amide bonds. The molecule has 1 aliphatic heterocycles. The van der Waals surface area contributed by atoms with Crippen LogP contribution in [0.15, 0.2) is 43.5 Å². The van der Waals surface area contributed by atoms with Gasteiger partial charge in [-0.15, -0.1) is 0 Å². The highest BCUT2D eigenvalue weighted by Crippen LogP contribution is 2.20. The van der Waals surface area contributed by atoms with E-state index < -0.39 is 0 Å². The molecule has 3 aromatic heterocycles. The summed E-state index contributed by atoms with van der Waals surface area (Å²) in [6.07, 6.45) is 13.0. The fourth-order valence-electron chi connectivity index (χ4n) is 2.70. The number of nitrogens with zero attached hydrogens (tertiary/aromatic N) is 7. The van der Waals surface area contributed by atoms with E-state index in [2.05, 4.69) is 34.8 Å². The van der Waals surface area contributed by atoms with Gasteiger partial charge in [0, 0.05) is 68.8 Å². The van der Waals surface area contributed by atoms with E-state index in [1.165, 1.54) is 11.9 Å². The maximum atomic E-state index is 4.68. The third-order valence-electron chi connectivity index (χ3n) is 3.83. The van der Waals surface area contributed by atoms with Crippen molar-refractivity contribution >= 4 is 0 Å². The molecule has 23 heavy (non-hydrogen) atoms. The van der Waals surface area contributed by atoms with Gasteiger partial charge in [0.2, 0.25) is 0 Å². The van der Waals surface area contributed by atoms with E-state index in [9.17, 15) is 0 Å². The molecule has 3 aromatic rings. The Labute approximate surface area is 133 Å². The van der Waals surface area contributed by atoms with Crippen LogP contribution in [-0.2, 0) is 19.5 Å². The highest BCUT2D eigenvalue weighted by molar-refractivity contribution is 5.52. The van der Waals surface area contributed by atoms with Crippen molar-refractivity contribution in [3.05, 3.63) is 60.5 Å². The largest absolute Gasteiger partial charge is 0.293 e. The predicted molar refractivity (Wildman–Crippen MR) is 82.9 cm³/mol. The molecule has 7 nitrogen and oxygen atoms in total. The van der Waals surface area contributed by atoms with Crippen molar-refractivity contribution in [3.8, 4) is 11.4 Å². The molecule has 1 aliphatic rings. The average molecular weight is 305 g/mol.